The molecule has 0 saturated heterocycles. The number of hydrogen-bond donors (Lipinski definition) is 0. The van der Waals surface area contributed by atoms with Crippen LogP contribution in [0.3, 0.4) is 0 Å². The molecule has 0 N–H and O–H groups in total. The fourth-order valence-electron chi connectivity index (χ4n) is 4.27. The van der Waals surface area contributed by atoms with Crippen molar-refractivity contribution in [3.63, 3.8) is 0 Å². The zero-order chi connectivity index (χ0) is 23.6. The first-order valence-corrected chi connectivity index (χ1v) is 11.2. The van der Waals surface area contributed by atoms with Gasteiger partial charge in [0.1, 0.15) is 11.5 Å². The van der Waals surface area contributed by atoms with Crippen LogP contribution in [-0.4, -0.2) is 30.4 Å². The van der Waals surface area contributed by atoms with Crippen molar-refractivity contribution in [3.05, 3.63) is 121 Å². The zero-order valence-corrected chi connectivity index (χ0v) is 18.6. The molecule has 5 aromatic rings. The molecule has 0 fully saturated rings. The molecule has 0 radical (unpaired) electrons. The lowest BCUT2D eigenvalue weighted by Gasteiger charge is -2.23. The lowest BCUT2D eigenvalue weighted by Crippen LogP contribution is -2.18. The Balaban J connectivity index is 1.50. The van der Waals surface area contributed by atoms with Gasteiger partial charge >= 0.3 is 0 Å². The van der Waals surface area contributed by atoms with Gasteiger partial charge in [-0.3, -0.25) is 20.0 Å². The van der Waals surface area contributed by atoms with Gasteiger partial charge in [-0.15, -0.1) is 0 Å². The van der Waals surface area contributed by atoms with E-state index in [1.165, 1.54) is 12.1 Å². The first-order chi connectivity index (χ1) is 17.3. The highest BCUT2D eigenvalue weighted by atomic mass is 19.1. The Morgan fingerprint density at radius 2 is 1.60 bits per heavy atom. The summed E-state index contributed by atoms with van der Waals surface area (Å²) < 4.78 is 15.6. The summed E-state index contributed by atoms with van der Waals surface area (Å²) in [5.74, 6) is -0.294. The molecule has 1 aliphatic heterocycles. The third-order valence-corrected chi connectivity index (χ3v) is 5.94. The third kappa shape index (κ3) is 4.06. The summed E-state index contributed by atoms with van der Waals surface area (Å²) in [4.78, 5) is 12.8. The summed E-state index contributed by atoms with van der Waals surface area (Å²) in [5, 5.41) is 11.8. The first-order valence-electron chi connectivity index (χ1n) is 11.2. The van der Waals surface area contributed by atoms with Crippen LogP contribution in [-0.2, 0) is 0 Å². The van der Waals surface area contributed by atoms with Gasteiger partial charge in [0.25, 0.3) is 0 Å². The summed E-state index contributed by atoms with van der Waals surface area (Å²) in [6.45, 7) is 0. The van der Waals surface area contributed by atoms with Crippen molar-refractivity contribution in [1.29, 1.82) is 0 Å². The third-order valence-electron chi connectivity index (χ3n) is 5.94. The number of para-hydroxylation sites is 1. The van der Waals surface area contributed by atoms with Crippen LogP contribution in [0, 0.1) is 5.82 Å². The highest BCUT2D eigenvalue weighted by Crippen LogP contribution is 2.40. The predicted molar refractivity (Wildman–Crippen MR) is 132 cm³/mol. The maximum absolute atomic E-state index is 13.7. The van der Waals surface area contributed by atoms with E-state index in [-0.39, 0.29) is 11.9 Å². The van der Waals surface area contributed by atoms with Gasteiger partial charge in [0, 0.05) is 48.5 Å². The van der Waals surface area contributed by atoms with Crippen LogP contribution >= 0.6 is 0 Å². The van der Waals surface area contributed by atoms with Gasteiger partial charge in [0.15, 0.2) is 0 Å². The Kier molecular flexibility index (Phi) is 5.31. The van der Waals surface area contributed by atoms with Gasteiger partial charge < -0.3 is 0 Å². The van der Waals surface area contributed by atoms with E-state index in [1.807, 2.05) is 58.4 Å². The maximum Gasteiger partial charge on any atom is 0.123 e. The smallest absolute Gasteiger partial charge is 0.123 e. The van der Waals surface area contributed by atoms with Crippen molar-refractivity contribution in [1.82, 2.24) is 24.7 Å². The van der Waals surface area contributed by atoms with Crippen molar-refractivity contribution in [3.8, 4) is 16.9 Å². The zero-order valence-electron chi connectivity index (χ0n) is 18.6. The second-order valence-corrected chi connectivity index (χ2v) is 8.13. The van der Waals surface area contributed by atoms with Crippen LogP contribution in [0.1, 0.15) is 23.7 Å². The largest absolute Gasteiger partial charge is 0.265 e. The number of hydrazone groups is 1. The van der Waals surface area contributed by atoms with E-state index >= 15 is 0 Å². The highest BCUT2D eigenvalue weighted by Gasteiger charge is 2.34. The second kappa shape index (κ2) is 8.90. The summed E-state index contributed by atoms with van der Waals surface area (Å²) in [5.41, 5.74) is 6.04. The first kappa shape index (κ1) is 20.9. The molecule has 0 amide bonds. The molecular weight excluding hydrogens is 441 g/mol. The van der Waals surface area contributed by atoms with E-state index in [0.717, 1.165) is 33.9 Å². The van der Waals surface area contributed by atoms with E-state index in [4.69, 9.17) is 10.2 Å². The molecule has 0 bridgehead atoms. The number of rotatable bonds is 5. The molecule has 170 valence electrons. The van der Waals surface area contributed by atoms with Crippen LogP contribution in [0.5, 0.6) is 0 Å². The van der Waals surface area contributed by atoms with Gasteiger partial charge in [0.05, 0.1) is 35.0 Å². The molecule has 7 nitrogen and oxygen atoms in total. The molecule has 4 heterocycles. The molecule has 0 saturated carbocycles. The van der Waals surface area contributed by atoms with E-state index in [0.29, 0.717) is 12.1 Å². The van der Waals surface area contributed by atoms with Gasteiger partial charge in [-0.2, -0.15) is 10.2 Å². The van der Waals surface area contributed by atoms with E-state index < -0.39 is 0 Å². The number of pyridine rings is 1. The minimum absolute atomic E-state index is 0.182. The molecule has 2 aromatic carbocycles. The van der Waals surface area contributed by atoms with E-state index in [1.54, 1.807) is 43.1 Å². The van der Waals surface area contributed by atoms with Gasteiger partial charge in [-0.1, -0.05) is 18.2 Å². The number of aromatic nitrogens is 5. The highest BCUT2D eigenvalue weighted by molar-refractivity contribution is 6.01. The van der Waals surface area contributed by atoms with E-state index in [2.05, 4.69) is 15.0 Å². The molecule has 1 aliphatic rings. The van der Waals surface area contributed by atoms with Gasteiger partial charge in [-0.25, -0.2) is 9.07 Å². The Hall–Kier alpha value is -4.72. The monoisotopic (exact) mass is 461 g/mol. The summed E-state index contributed by atoms with van der Waals surface area (Å²) in [6.07, 6.45) is 11.2. The fraction of sp³-hybridized carbons (Fsp3) is 0.0741. The summed E-state index contributed by atoms with van der Waals surface area (Å²) in [6, 6.07) is 20.0. The topological polar surface area (TPSA) is 72.1 Å². The summed E-state index contributed by atoms with van der Waals surface area (Å²) >= 11 is 0. The molecule has 35 heavy (non-hydrogen) atoms. The molecule has 1 atom stereocenters. The number of halogens is 1. The molecule has 3 aromatic heterocycles. The molecule has 0 aliphatic carbocycles. The minimum atomic E-state index is -0.294. The average molecular weight is 462 g/mol. The Morgan fingerprint density at radius 3 is 2.34 bits per heavy atom. The van der Waals surface area contributed by atoms with Crippen LogP contribution < -0.4 is 5.01 Å². The number of nitrogens with zero attached hydrogens (tertiary/aromatic N) is 7. The normalized spacial score (nSPS) is 15.3. The molecule has 6 rings (SSSR count). The van der Waals surface area contributed by atoms with Crippen LogP contribution in [0.15, 0.2) is 109 Å². The van der Waals surface area contributed by atoms with Crippen molar-refractivity contribution < 1.29 is 4.39 Å². The number of anilines is 1. The SMILES string of the molecule is Fc1ccc(N2N=C(c3cnccn3)CC2c2cn(-c3ccccc3)nc2-c2ccncc2)cc1. The molecule has 0 spiro atoms. The van der Waals surface area contributed by atoms with Crippen molar-refractivity contribution >= 4 is 11.4 Å². The maximum atomic E-state index is 13.7. The Morgan fingerprint density at radius 1 is 0.800 bits per heavy atom. The van der Waals surface area contributed by atoms with E-state index in [9.17, 15) is 4.39 Å². The van der Waals surface area contributed by atoms with Gasteiger partial charge in [-0.05, 0) is 48.5 Å². The lowest BCUT2D eigenvalue weighted by molar-refractivity contribution is 0.626. The second-order valence-electron chi connectivity index (χ2n) is 8.13. The molecule has 8 heteroatoms. The van der Waals surface area contributed by atoms with Crippen LogP contribution in [0.25, 0.3) is 16.9 Å². The van der Waals surface area contributed by atoms with Crippen molar-refractivity contribution in [2.24, 2.45) is 5.10 Å². The fourth-order valence-corrected chi connectivity index (χ4v) is 4.27. The quantitative estimate of drug-likeness (QED) is 0.359. The van der Waals surface area contributed by atoms with Crippen molar-refractivity contribution in [2.75, 3.05) is 5.01 Å². The predicted octanol–water partition coefficient (Wildman–Crippen LogP) is 5.22. The minimum Gasteiger partial charge on any atom is -0.265 e. The lowest BCUT2D eigenvalue weighted by atomic mass is 9.98. The molecular formula is C27H20FN7. The van der Waals surface area contributed by atoms with Crippen LogP contribution in [0.2, 0.25) is 0 Å². The standard InChI is InChI=1S/C27H20FN7/c28-20-6-8-22(9-7-20)35-26(16-24(32-35)25-17-30-14-15-31-25)23-18-34(21-4-2-1-3-5-21)33-27(23)19-10-12-29-13-11-19/h1-15,17-18,26H,16H2. The number of benzene rings is 2. The summed E-state index contributed by atoms with van der Waals surface area (Å²) in [7, 11) is 0. The number of hydrogen-bond acceptors (Lipinski definition) is 6. The Labute approximate surface area is 201 Å². The van der Waals surface area contributed by atoms with Crippen LogP contribution in [0.4, 0.5) is 10.1 Å². The Bertz CT molecular complexity index is 1470. The van der Waals surface area contributed by atoms with Crippen molar-refractivity contribution in [2.45, 2.75) is 12.5 Å². The molecule has 1 unspecified atom stereocenters. The van der Waals surface area contributed by atoms with Gasteiger partial charge in [0.2, 0.25) is 0 Å². The average Bonchev–Trinajstić information content (AvgIpc) is 3.56.